The maximum absolute atomic E-state index is 9.85. The normalized spacial score (nSPS) is 12.6. The highest BCUT2D eigenvalue weighted by Gasteiger charge is 2.14. The number of hydrogen-bond donors (Lipinski definition) is 3. The third-order valence-corrected chi connectivity index (χ3v) is 0.712. The molecule has 1 atom stereocenters. The van der Waals surface area contributed by atoms with E-state index in [-0.39, 0.29) is 0 Å². The fourth-order valence-electron chi connectivity index (χ4n) is 0.275. The Morgan fingerprint density at radius 2 is 1.89 bits per heavy atom. The summed E-state index contributed by atoms with van der Waals surface area (Å²) in [6.45, 7) is 0. The van der Waals surface area contributed by atoms with Gasteiger partial charge in [-0.1, -0.05) is 0 Å². The first-order valence-electron chi connectivity index (χ1n) is 2.24. The molecule has 0 aliphatic heterocycles. The van der Waals surface area contributed by atoms with Crippen molar-refractivity contribution >= 4 is 11.9 Å². The fraction of sp³-hybridized carbons (Fsp3) is 0.500. The molecule has 0 amide bonds. The second kappa shape index (κ2) is 3.03. The average Bonchev–Trinajstić information content (AvgIpc) is 1.63. The second-order valence-electron chi connectivity index (χ2n) is 1.54. The highest BCUT2D eigenvalue weighted by molar-refractivity contribution is 5.80. The van der Waals surface area contributed by atoms with Crippen LogP contribution in [0.5, 0.6) is 0 Å². The zero-order valence-corrected chi connectivity index (χ0v) is 4.57. The van der Waals surface area contributed by atoms with Gasteiger partial charge in [0.05, 0.1) is 6.42 Å². The maximum atomic E-state index is 9.85. The SMILES string of the molecule is N[C@@H]([13CH2][13C](=O)O)C(=O)O. The molecule has 0 unspecified atom stereocenters. The molecule has 0 bridgehead atoms. The van der Waals surface area contributed by atoms with Gasteiger partial charge in [-0.05, 0) is 0 Å². The van der Waals surface area contributed by atoms with Crippen LogP contribution in [0.3, 0.4) is 0 Å². The number of hydrogen-bond acceptors (Lipinski definition) is 3. The molecular formula is C4H7NO4. The maximum Gasteiger partial charge on any atom is 0.321 e. The van der Waals surface area contributed by atoms with E-state index in [1.807, 2.05) is 0 Å². The molecule has 0 spiro atoms. The van der Waals surface area contributed by atoms with Crippen molar-refractivity contribution in [2.75, 3.05) is 0 Å². The van der Waals surface area contributed by atoms with Gasteiger partial charge >= 0.3 is 11.9 Å². The van der Waals surface area contributed by atoms with Crippen LogP contribution in [0.2, 0.25) is 0 Å². The van der Waals surface area contributed by atoms with E-state index in [9.17, 15) is 9.59 Å². The summed E-state index contributed by atoms with van der Waals surface area (Å²) in [5.74, 6) is -2.50. The summed E-state index contributed by atoms with van der Waals surface area (Å²) in [7, 11) is 0. The van der Waals surface area contributed by atoms with Crippen molar-refractivity contribution in [2.24, 2.45) is 5.73 Å². The third kappa shape index (κ3) is 3.48. The van der Waals surface area contributed by atoms with Crippen molar-refractivity contribution in [3.8, 4) is 0 Å². The number of aliphatic carboxylic acids is 2. The van der Waals surface area contributed by atoms with Crippen LogP contribution in [-0.4, -0.2) is 28.2 Å². The van der Waals surface area contributed by atoms with Crippen LogP contribution >= 0.6 is 0 Å². The predicted molar refractivity (Wildman–Crippen MR) is 27.9 cm³/mol. The number of rotatable bonds is 3. The number of carboxylic acids is 2. The van der Waals surface area contributed by atoms with Crippen LogP contribution in [-0.2, 0) is 9.59 Å². The van der Waals surface area contributed by atoms with Crippen molar-refractivity contribution in [3.63, 3.8) is 0 Å². The number of nitrogens with two attached hydrogens (primary N) is 1. The molecule has 9 heavy (non-hydrogen) atoms. The van der Waals surface area contributed by atoms with Gasteiger partial charge in [0.25, 0.3) is 0 Å². The van der Waals surface area contributed by atoms with E-state index in [0.29, 0.717) is 0 Å². The molecule has 0 fully saturated rings. The molecule has 0 rings (SSSR count). The number of carbonyl (C=O) groups is 2. The summed E-state index contributed by atoms with van der Waals surface area (Å²) in [5.41, 5.74) is 4.84. The summed E-state index contributed by atoms with van der Waals surface area (Å²) in [4.78, 5) is 19.6. The predicted octanol–water partition coefficient (Wildman–Crippen LogP) is -1.13. The van der Waals surface area contributed by atoms with Gasteiger partial charge in [-0.15, -0.1) is 0 Å². The Hall–Kier alpha value is -1.10. The lowest BCUT2D eigenvalue weighted by Crippen LogP contribution is -2.32. The Labute approximate surface area is 51.1 Å². The Bertz CT molecular complexity index is 133. The first kappa shape index (κ1) is 7.90. The molecule has 4 N–H and O–H groups in total. The smallest absolute Gasteiger partial charge is 0.321 e. The van der Waals surface area contributed by atoms with Gasteiger partial charge in [0.15, 0.2) is 0 Å². The lowest BCUT2D eigenvalue weighted by atomic mass is 10.5. The molecule has 0 radical (unpaired) electrons. The quantitative estimate of drug-likeness (QED) is 0.425. The molecule has 0 aliphatic rings. The van der Waals surface area contributed by atoms with E-state index in [4.69, 9.17) is 15.9 Å². The fourth-order valence-corrected chi connectivity index (χ4v) is 0.275. The van der Waals surface area contributed by atoms with Crippen molar-refractivity contribution in [3.05, 3.63) is 0 Å². The number of carboxylic acid groups (broad SMARTS) is 2. The summed E-state index contributed by atoms with van der Waals surface area (Å²) >= 11 is 0. The van der Waals surface area contributed by atoms with Gasteiger partial charge < -0.3 is 15.9 Å². The summed E-state index contributed by atoms with van der Waals surface area (Å²) in [5, 5.41) is 16.0. The third-order valence-electron chi connectivity index (χ3n) is 0.712. The summed E-state index contributed by atoms with van der Waals surface area (Å²) in [6.07, 6.45) is -0.532. The highest BCUT2D eigenvalue weighted by atomic mass is 16.5. The standard InChI is InChI=1S/C4H7NO4/c5-2(4(8)9)1-3(6)7/h2H,1,5H2,(H,6,7)(H,8,9)/t2-/m0/s1/i1+1,3+1. The lowest BCUT2D eigenvalue weighted by molar-refractivity contribution is -0.144. The Morgan fingerprint density at radius 1 is 1.44 bits per heavy atom. The monoisotopic (exact) mass is 135 g/mol. The largest absolute Gasteiger partial charge is 0.481 e. The first-order chi connectivity index (χ1) is 4.04. The molecule has 0 aliphatic carbocycles. The molecule has 0 aromatic heterocycles. The van der Waals surface area contributed by atoms with Crippen molar-refractivity contribution in [1.29, 1.82) is 0 Å². The molecule has 0 saturated heterocycles. The van der Waals surface area contributed by atoms with Gasteiger partial charge in [-0.2, -0.15) is 0 Å². The Morgan fingerprint density at radius 3 is 2.00 bits per heavy atom. The lowest BCUT2D eigenvalue weighted by Gasteiger charge is -1.99. The van der Waals surface area contributed by atoms with E-state index in [1.54, 1.807) is 0 Å². The molecular weight excluding hydrogens is 128 g/mol. The zero-order chi connectivity index (χ0) is 7.44. The molecule has 0 aromatic carbocycles. The van der Waals surface area contributed by atoms with Gasteiger partial charge in [-0.3, -0.25) is 9.59 Å². The van der Waals surface area contributed by atoms with Crippen molar-refractivity contribution in [2.45, 2.75) is 12.5 Å². The van der Waals surface area contributed by atoms with Crippen LogP contribution in [0.4, 0.5) is 0 Å². The summed E-state index contributed by atoms with van der Waals surface area (Å²) < 4.78 is 0. The second-order valence-corrected chi connectivity index (χ2v) is 1.54. The van der Waals surface area contributed by atoms with Gasteiger partial charge in [0.2, 0.25) is 0 Å². The van der Waals surface area contributed by atoms with Crippen molar-refractivity contribution in [1.82, 2.24) is 0 Å². The van der Waals surface area contributed by atoms with E-state index in [1.165, 1.54) is 0 Å². The van der Waals surface area contributed by atoms with Crippen LogP contribution in [0.15, 0.2) is 0 Å². The Balaban J connectivity index is 3.63. The van der Waals surface area contributed by atoms with Crippen molar-refractivity contribution < 1.29 is 19.8 Å². The topological polar surface area (TPSA) is 101 Å². The van der Waals surface area contributed by atoms with Gasteiger partial charge in [0.1, 0.15) is 6.04 Å². The molecule has 0 aromatic rings. The van der Waals surface area contributed by atoms with Gasteiger partial charge in [0, 0.05) is 0 Å². The molecule has 5 heteroatoms. The highest BCUT2D eigenvalue weighted by Crippen LogP contribution is 1.86. The van der Waals surface area contributed by atoms with Crippen LogP contribution in [0.1, 0.15) is 6.42 Å². The summed E-state index contributed by atoms with van der Waals surface area (Å²) in [6, 6.07) is -1.29. The minimum Gasteiger partial charge on any atom is -0.481 e. The average molecular weight is 135 g/mol. The van der Waals surface area contributed by atoms with Gasteiger partial charge in [-0.25, -0.2) is 0 Å². The van der Waals surface area contributed by atoms with E-state index >= 15 is 0 Å². The van der Waals surface area contributed by atoms with Crippen LogP contribution in [0, 0.1) is 0 Å². The van der Waals surface area contributed by atoms with Crippen LogP contribution < -0.4 is 5.73 Å². The minimum atomic E-state index is -1.29. The van der Waals surface area contributed by atoms with E-state index < -0.39 is 24.4 Å². The van der Waals surface area contributed by atoms with E-state index in [2.05, 4.69) is 0 Å². The van der Waals surface area contributed by atoms with E-state index in [0.717, 1.165) is 0 Å². The first-order valence-corrected chi connectivity index (χ1v) is 2.24. The molecule has 0 saturated carbocycles. The Kier molecular flexibility index (Phi) is 2.66. The molecule has 5 nitrogen and oxygen atoms in total. The van der Waals surface area contributed by atoms with Crippen LogP contribution in [0.25, 0.3) is 0 Å². The molecule has 52 valence electrons. The minimum absolute atomic E-state index is 0.532. The zero-order valence-electron chi connectivity index (χ0n) is 4.57. The molecule has 0 heterocycles.